The molecular weight excluding hydrogens is 342 g/mol. The predicted molar refractivity (Wildman–Crippen MR) is 107 cm³/mol. The average Bonchev–Trinajstić information content (AvgIpc) is 2.50. The van der Waals surface area contributed by atoms with Gasteiger partial charge in [0.1, 0.15) is 11.4 Å². The number of amides is 1. The Morgan fingerprint density at radius 1 is 1.30 bits per heavy atom. The SMILES string of the molecule is CC(C)C1CCc2c(nc(N)nc2N2CC(N(C)C(=O)OC(C)(C)C)C2)C1. The van der Waals surface area contributed by atoms with Crippen molar-refractivity contribution >= 4 is 17.9 Å². The van der Waals surface area contributed by atoms with E-state index in [4.69, 9.17) is 10.5 Å². The van der Waals surface area contributed by atoms with Crippen LogP contribution in [0, 0.1) is 11.8 Å². The molecule has 1 amide bonds. The monoisotopic (exact) mass is 375 g/mol. The zero-order chi connectivity index (χ0) is 19.9. The highest BCUT2D eigenvalue weighted by atomic mass is 16.6. The van der Waals surface area contributed by atoms with Crippen LogP contribution in [0.3, 0.4) is 0 Å². The molecule has 1 aromatic rings. The van der Waals surface area contributed by atoms with E-state index in [-0.39, 0.29) is 12.1 Å². The Hall–Kier alpha value is -2.05. The molecule has 150 valence electrons. The molecule has 0 radical (unpaired) electrons. The van der Waals surface area contributed by atoms with E-state index in [2.05, 4.69) is 28.7 Å². The molecule has 0 aromatic carbocycles. The summed E-state index contributed by atoms with van der Waals surface area (Å²) in [5, 5.41) is 0. The fourth-order valence-corrected chi connectivity index (χ4v) is 3.83. The van der Waals surface area contributed by atoms with Crippen molar-refractivity contribution < 1.29 is 9.53 Å². The first-order valence-corrected chi connectivity index (χ1v) is 9.91. The van der Waals surface area contributed by atoms with Crippen LogP contribution in [0.4, 0.5) is 16.6 Å². The van der Waals surface area contributed by atoms with E-state index in [1.54, 1.807) is 11.9 Å². The molecule has 1 fully saturated rings. The molecule has 1 aliphatic heterocycles. The standard InChI is InChI=1S/C20H33N5O2/c1-12(2)13-7-8-15-16(9-13)22-18(21)23-17(15)25-10-14(11-25)24(6)19(26)27-20(3,4)5/h12-14H,7-11H2,1-6H3,(H2,21,22,23). The molecule has 0 bridgehead atoms. The molecule has 1 saturated heterocycles. The first kappa shape index (κ1) is 19.7. The lowest BCUT2D eigenvalue weighted by molar-refractivity contribution is 0.0196. The molecule has 2 N–H and O–H groups in total. The van der Waals surface area contributed by atoms with Crippen molar-refractivity contribution in [2.45, 2.75) is 65.5 Å². The van der Waals surface area contributed by atoms with Gasteiger partial charge in [-0.05, 0) is 51.9 Å². The van der Waals surface area contributed by atoms with Crippen molar-refractivity contribution in [1.29, 1.82) is 0 Å². The number of anilines is 2. The van der Waals surface area contributed by atoms with E-state index in [1.165, 1.54) is 12.0 Å². The van der Waals surface area contributed by atoms with Crippen molar-refractivity contribution in [3.63, 3.8) is 0 Å². The van der Waals surface area contributed by atoms with Gasteiger partial charge in [0.25, 0.3) is 0 Å². The van der Waals surface area contributed by atoms with Crippen molar-refractivity contribution in [3.05, 3.63) is 11.3 Å². The summed E-state index contributed by atoms with van der Waals surface area (Å²) < 4.78 is 5.46. The maximum absolute atomic E-state index is 12.3. The summed E-state index contributed by atoms with van der Waals surface area (Å²) >= 11 is 0. The number of rotatable bonds is 3. The van der Waals surface area contributed by atoms with Crippen LogP contribution in [0.5, 0.6) is 0 Å². The van der Waals surface area contributed by atoms with Gasteiger partial charge >= 0.3 is 6.09 Å². The molecule has 1 aliphatic carbocycles. The summed E-state index contributed by atoms with van der Waals surface area (Å²) in [7, 11) is 1.80. The molecule has 3 rings (SSSR count). The number of fused-ring (bicyclic) bond motifs is 1. The fourth-order valence-electron chi connectivity index (χ4n) is 3.83. The summed E-state index contributed by atoms with van der Waals surface area (Å²) in [4.78, 5) is 25.2. The van der Waals surface area contributed by atoms with Crippen LogP contribution in [0.25, 0.3) is 0 Å². The van der Waals surface area contributed by atoms with Gasteiger partial charge in [-0.15, -0.1) is 0 Å². The minimum Gasteiger partial charge on any atom is -0.444 e. The van der Waals surface area contributed by atoms with Gasteiger partial charge in [0.15, 0.2) is 0 Å². The summed E-state index contributed by atoms with van der Waals surface area (Å²) in [6, 6.07) is 0.124. The molecule has 2 heterocycles. The van der Waals surface area contributed by atoms with Crippen LogP contribution in [0.2, 0.25) is 0 Å². The van der Waals surface area contributed by atoms with Crippen LogP contribution in [0.15, 0.2) is 0 Å². The first-order valence-electron chi connectivity index (χ1n) is 9.91. The normalized spacial score (nSPS) is 20.3. The average molecular weight is 376 g/mol. The molecule has 7 nitrogen and oxygen atoms in total. The Morgan fingerprint density at radius 3 is 2.56 bits per heavy atom. The topological polar surface area (TPSA) is 84.6 Å². The molecular formula is C20H33N5O2. The Morgan fingerprint density at radius 2 is 1.96 bits per heavy atom. The summed E-state index contributed by atoms with van der Waals surface area (Å²) in [5.41, 5.74) is 7.85. The van der Waals surface area contributed by atoms with E-state index in [9.17, 15) is 4.79 Å². The number of nitrogen functional groups attached to an aromatic ring is 1. The zero-order valence-electron chi connectivity index (χ0n) is 17.5. The Labute approximate surface area is 162 Å². The van der Waals surface area contributed by atoms with Gasteiger partial charge < -0.3 is 20.3 Å². The number of nitrogens with zero attached hydrogens (tertiary/aromatic N) is 4. The lowest BCUT2D eigenvalue weighted by Gasteiger charge is -2.45. The van der Waals surface area contributed by atoms with Gasteiger partial charge in [-0.3, -0.25) is 0 Å². The summed E-state index contributed by atoms with van der Waals surface area (Å²) in [5.74, 6) is 2.60. The second-order valence-corrected chi connectivity index (χ2v) is 9.23. The van der Waals surface area contributed by atoms with E-state index in [0.29, 0.717) is 17.8 Å². The van der Waals surface area contributed by atoms with E-state index >= 15 is 0 Å². The number of nitrogens with two attached hydrogens (primary N) is 1. The van der Waals surface area contributed by atoms with E-state index in [1.807, 2.05) is 20.8 Å². The largest absolute Gasteiger partial charge is 0.444 e. The highest BCUT2D eigenvalue weighted by molar-refractivity contribution is 5.69. The van der Waals surface area contributed by atoms with Crippen LogP contribution >= 0.6 is 0 Å². The van der Waals surface area contributed by atoms with Crippen molar-refractivity contribution in [3.8, 4) is 0 Å². The van der Waals surface area contributed by atoms with Crippen molar-refractivity contribution in [1.82, 2.24) is 14.9 Å². The lowest BCUT2D eigenvalue weighted by atomic mass is 9.80. The van der Waals surface area contributed by atoms with Crippen molar-refractivity contribution in [2.75, 3.05) is 30.8 Å². The highest BCUT2D eigenvalue weighted by Crippen LogP contribution is 2.36. The zero-order valence-corrected chi connectivity index (χ0v) is 17.5. The minimum absolute atomic E-state index is 0.124. The van der Waals surface area contributed by atoms with Crippen LogP contribution < -0.4 is 10.6 Å². The van der Waals surface area contributed by atoms with E-state index < -0.39 is 5.60 Å². The molecule has 27 heavy (non-hydrogen) atoms. The summed E-state index contributed by atoms with van der Waals surface area (Å²) in [6.45, 7) is 11.7. The van der Waals surface area contributed by atoms with E-state index in [0.717, 1.165) is 37.4 Å². The Kier molecular flexibility index (Phi) is 5.23. The predicted octanol–water partition coefficient (Wildman–Crippen LogP) is 2.88. The van der Waals surface area contributed by atoms with Gasteiger partial charge in [-0.2, -0.15) is 4.98 Å². The second-order valence-electron chi connectivity index (χ2n) is 9.23. The lowest BCUT2D eigenvalue weighted by Crippen LogP contribution is -2.60. The number of carbonyl (C=O) groups excluding carboxylic acids is 1. The first-order chi connectivity index (χ1) is 12.5. The van der Waals surface area contributed by atoms with Gasteiger partial charge in [0.05, 0.1) is 11.7 Å². The minimum atomic E-state index is -0.484. The molecule has 0 spiro atoms. The van der Waals surface area contributed by atoms with Gasteiger partial charge in [0.2, 0.25) is 5.95 Å². The van der Waals surface area contributed by atoms with Crippen LogP contribution in [-0.4, -0.2) is 52.7 Å². The van der Waals surface area contributed by atoms with Gasteiger partial charge in [0, 0.05) is 25.7 Å². The number of hydrogen-bond acceptors (Lipinski definition) is 6. The molecule has 7 heteroatoms. The molecule has 2 aliphatic rings. The van der Waals surface area contributed by atoms with Crippen molar-refractivity contribution in [2.24, 2.45) is 11.8 Å². The molecule has 0 saturated carbocycles. The highest BCUT2D eigenvalue weighted by Gasteiger charge is 2.37. The van der Waals surface area contributed by atoms with Gasteiger partial charge in [-0.25, -0.2) is 9.78 Å². The molecule has 1 unspecified atom stereocenters. The second kappa shape index (κ2) is 7.17. The third kappa shape index (κ3) is 4.28. The third-order valence-corrected chi connectivity index (χ3v) is 5.64. The maximum Gasteiger partial charge on any atom is 0.410 e. The number of likely N-dealkylation sites (N-methyl/N-ethyl adjacent to an activating group) is 1. The number of aromatic nitrogens is 2. The smallest absolute Gasteiger partial charge is 0.410 e. The molecule has 1 aromatic heterocycles. The number of ether oxygens (including phenoxy) is 1. The van der Waals surface area contributed by atoms with Gasteiger partial charge in [-0.1, -0.05) is 13.8 Å². The molecule has 1 atom stereocenters. The third-order valence-electron chi connectivity index (χ3n) is 5.64. The fraction of sp³-hybridized carbons (Fsp3) is 0.750. The Bertz CT molecular complexity index is 707. The Balaban J connectivity index is 1.69. The quantitative estimate of drug-likeness (QED) is 0.874. The van der Waals surface area contributed by atoms with Crippen LogP contribution in [0.1, 0.15) is 52.3 Å². The summed E-state index contributed by atoms with van der Waals surface area (Å²) in [6.07, 6.45) is 2.86. The number of hydrogen-bond donors (Lipinski definition) is 1. The maximum atomic E-state index is 12.3. The van der Waals surface area contributed by atoms with Crippen LogP contribution in [-0.2, 0) is 17.6 Å². The number of carbonyl (C=O) groups is 1.